The number of rotatable bonds is 2. The van der Waals surface area contributed by atoms with E-state index in [2.05, 4.69) is 10.1 Å². The number of hydrogen-bond donors (Lipinski definition) is 1. The maximum Gasteiger partial charge on any atom is 0.181 e. The SMILES string of the molecule is Cn1cnc(-c2ccc(F)cc2CN)n1. The lowest BCUT2D eigenvalue weighted by Crippen LogP contribution is -2.00. The van der Waals surface area contributed by atoms with Crippen molar-refractivity contribution in [3.63, 3.8) is 0 Å². The summed E-state index contributed by atoms with van der Waals surface area (Å²) in [5.74, 6) is 0.271. The summed E-state index contributed by atoms with van der Waals surface area (Å²) < 4.78 is 14.5. The van der Waals surface area contributed by atoms with E-state index in [1.807, 2.05) is 0 Å². The highest BCUT2D eigenvalue weighted by Crippen LogP contribution is 2.20. The molecule has 1 heterocycles. The van der Waals surface area contributed by atoms with Crippen LogP contribution in [0.2, 0.25) is 0 Å². The quantitative estimate of drug-likeness (QED) is 0.799. The van der Waals surface area contributed by atoms with Crippen molar-refractivity contribution >= 4 is 0 Å². The maximum absolute atomic E-state index is 13.0. The van der Waals surface area contributed by atoms with Crippen molar-refractivity contribution in [1.82, 2.24) is 14.8 Å². The van der Waals surface area contributed by atoms with E-state index in [0.717, 1.165) is 5.56 Å². The first-order valence-corrected chi connectivity index (χ1v) is 4.55. The third-order valence-electron chi connectivity index (χ3n) is 2.13. The summed E-state index contributed by atoms with van der Waals surface area (Å²) in [5.41, 5.74) is 7.02. The van der Waals surface area contributed by atoms with Gasteiger partial charge < -0.3 is 5.73 Å². The molecule has 0 aliphatic heterocycles. The minimum Gasteiger partial charge on any atom is -0.326 e. The number of nitrogens with two attached hydrogens (primary N) is 1. The molecule has 2 rings (SSSR count). The van der Waals surface area contributed by atoms with Crippen molar-refractivity contribution < 1.29 is 4.39 Å². The molecule has 5 heteroatoms. The van der Waals surface area contributed by atoms with Gasteiger partial charge in [0.15, 0.2) is 5.82 Å². The molecule has 2 N–H and O–H groups in total. The van der Waals surface area contributed by atoms with E-state index in [9.17, 15) is 4.39 Å². The third-order valence-corrected chi connectivity index (χ3v) is 2.13. The molecule has 0 saturated heterocycles. The highest BCUT2D eigenvalue weighted by molar-refractivity contribution is 5.59. The van der Waals surface area contributed by atoms with Gasteiger partial charge in [-0.05, 0) is 23.8 Å². The highest BCUT2D eigenvalue weighted by atomic mass is 19.1. The van der Waals surface area contributed by atoms with Crippen molar-refractivity contribution in [3.05, 3.63) is 35.9 Å². The van der Waals surface area contributed by atoms with E-state index >= 15 is 0 Å². The number of benzene rings is 1. The number of aromatic nitrogens is 3. The predicted molar refractivity (Wildman–Crippen MR) is 54.3 cm³/mol. The summed E-state index contributed by atoms with van der Waals surface area (Å²) in [6, 6.07) is 4.43. The first-order chi connectivity index (χ1) is 7.20. The second-order valence-corrected chi connectivity index (χ2v) is 3.25. The van der Waals surface area contributed by atoms with Crippen LogP contribution in [0.1, 0.15) is 5.56 Å². The molecule has 78 valence electrons. The highest BCUT2D eigenvalue weighted by Gasteiger charge is 2.08. The zero-order valence-electron chi connectivity index (χ0n) is 8.31. The lowest BCUT2D eigenvalue weighted by Gasteiger charge is -2.03. The number of aryl methyl sites for hydroxylation is 1. The van der Waals surface area contributed by atoms with Crippen LogP contribution in [0.3, 0.4) is 0 Å². The molecule has 0 spiro atoms. The Kier molecular flexibility index (Phi) is 2.47. The molecule has 4 nitrogen and oxygen atoms in total. The van der Waals surface area contributed by atoms with E-state index in [4.69, 9.17) is 5.73 Å². The van der Waals surface area contributed by atoms with Crippen LogP contribution in [0.25, 0.3) is 11.4 Å². The maximum atomic E-state index is 13.0. The van der Waals surface area contributed by atoms with Crippen LogP contribution in [0, 0.1) is 5.82 Å². The molecule has 0 atom stereocenters. The van der Waals surface area contributed by atoms with Gasteiger partial charge in [-0.2, -0.15) is 5.10 Å². The molecule has 0 aliphatic carbocycles. The van der Waals surface area contributed by atoms with Gasteiger partial charge >= 0.3 is 0 Å². The molecule has 0 bridgehead atoms. The Morgan fingerprint density at radius 2 is 2.27 bits per heavy atom. The Balaban J connectivity index is 2.52. The van der Waals surface area contributed by atoms with Gasteiger partial charge in [0.05, 0.1) is 0 Å². The van der Waals surface area contributed by atoms with Crippen molar-refractivity contribution in [1.29, 1.82) is 0 Å². The van der Waals surface area contributed by atoms with Crippen molar-refractivity contribution in [2.24, 2.45) is 12.8 Å². The first-order valence-electron chi connectivity index (χ1n) is 4.55. The van der Waals surface area contributed by atoms with Crippen LogP contribution in [0.15, 0.2) is 24.5 Å². The monoisotopic (exact) mass is 206 g/mol. The van der Waals surface area contributed by atoms with Gasteiger partial charge in [0.2, 0.25) is 0 Å². The van der Waals surface area contributed by atoms with Crippen LogP contribution in [-0.2, 0) is 13.6 Å². The van der Waals surface area contributed by atoms with Crippen LogP contribution < -0.4 is 5.73 Å². The van der Waals surface area contributed by atoms with Crippen molar-refractivity contribution in [2.45, 2.75) is 6.54 Å². The summed E-state index contributed by atoms with van der Waals surface area (Å²) in [6.07, 6.45) is 1.60. The molecule has 1 aromatic carbocycles. The average molecular weight is 206 g/mol. The normalized spacial score (nSPS) is 10.6. The van der Waals surface area contributed by atoms with Crippen LogP contribution in [0.5, 0.6) is 0 Å². The fourth-order valence-electron chi connectivity index (χ4n) is 1.41. The molecule has 0 aliphatic rings. The number of halogens is 1. The average Bonchev–Trinajstić information content (AvgIpc) is 2.64. The number of nitrogens with zero attached hydrogens (tertiary/aromatic N) is 3. The van der Waals surface area contributed by atoms with E-state index in [0.29, 0.717) is 11.4 Å². The molecule has 2 aromatic rings. The summed E-state index contributed by atoms with van der Waals surface area (Å²) >= 11 is 0. The Bertz CT molecular complexity index is 478. The lowest BCUT2D eigenvalue weighted by molar-refractivity contribution is 0.625. The van der Waals surface area contributed by atoms with Gasteiger partial charge in [-0.3, -0.25) is 4.68 Å². The molecular formula is C10H11FN4. The summed E-state index contributed by atoms with van der Waals surface area (Å²) in [5, 5.41) is 4.15. The number of hydrogen-bond acceptors (Lipinski definition) is 3. The largest absolute Gasteiger partial charge is 0.326 e. The second-order valence-electron chi connectivity index (χ2n) is 3.25. The molecule has 1 aromatic heterocycles. The molecule has 0 amide bonds. The zero-order chi connectivity index (χ0) is 10.8. The van der Waals surface area contributed by atoms with Crippen molar-refractivity contribution in [2.75, 3.05) is 0 Å². The van der Waals surface area contributed by atoms with E-state index in [1.165, 1.54) is 12.1 Å². The second kappa shape index (κ2) is 3.78. The van der Waals surface area contributed by atoms with Crippen LogP contribution >= 0.6 is 0 Å². The first kappa shape index (κ1) is 9.79. The molecule has 0 saturated carbocycles. The Morgan fingerprint density at radius 3 is 2.87 bits per heavy atom. The summed E-state index contributed by atoms with van der Waals surface area (Å²) in [7, 11) is 1.78. The minimum absolute atomic E-state index is 0.269. The van der Waals surface area contributed by atoms with Gasteiger partial charge in [0, 0.05) is 19.2 Å². The Hall–Kier alpha value is -1.75. The topological polar surface area (TPSA) is 56.7 Å². The molecular weight excluding hydrogens is 195 g/mol. The lowest BCUT2D eigenvalue weighted by atomic mass is 10.1. The Labute approximate surface area is 86.6 Å². The Morgan fingerprint density at radius 1 is 1.47 bits per heavy atom. The molecule has 0 unspecified atom stereocenters. The van der Waals surface area contributed by atoms with E-state index in [1.54, 1.807) is 24.1 Å². The fourth-order valence-corrected chi connectivity index (χ4v) is 1.41. The van der Waals surface area contributed by atoms with Gasteiger partial charge in [-0.15, -0.1) is 0 Å². The summed E-state index contributed by atoms with van der Waals surface area (Å²) in [6.45, 7) is 0.269. The van der Waals surface area contributed by atoms with E-state index < -0.39 is 0 Å². The summed E-state index contributed by atoms with van der Waals surface area (Å²) in [4.78, 5) is 4.10. The third kappa shape index (κ3) is 1.87. The fraction of sp³-hybridized carbons (Fsp3) is 0.200. The molecule has 15 heavy (non-hydrogen) atoms. The predicted octanol–water partition coefficient (Wildman–Crippen LogP) is 1.08. The van der Waals surface area contributed by atoms with Gasteiger partial charge in [0.1, 0.15) is 12.1 Å². The van der Waals surface area contributed by atoms with E-state index in [-0.39, 0.29) is 12.4 Å². The molecule has 0 fully saturated rings. The van der Waals surface area contributed by atoms with Gasteiger partial charge in [-0.25, -0.2) is 9.37 Å². The standard InChI is InChI=1S/C10H11FN4/c1-15-6-13-10(14-15)9-3-2-8(11)4-7(9)5-12/h2-4,6H,5,12H2,1H3. The van der Waals surface area contributed by atoms with Crippen molar-refractivity contribution in [3.8, 4) is 11.4 Å². The minimum atomic E-state index is -0.296. The molecule has 0 radical (unpaired) electrons. The zero-order valence-corrected chi connectivity index (χ0v) is 8.31. The van der Waals surface area contributed by atoms with Crippen LogP contribution in [-0.4, -0.2) is 14.8 Å². The van der Waals surface area contributed by atoms with Crippen LogP contribution in [0.4, 0.5) is 4.39 Å². The van der Waals surface area contributed by atoms with Gasteiger partial charge in [-0.1, -0.05) is 0 Å². The smallest absolute Gasteiger partial charge is 0.181 e. The van der Waals surface area contributed by atoms with Gasteiger partial charge in [0.25, 0.3) is 0 Å².